The Hall–Kier alpha value is -1.65. The van der Waals surface area contributed by atoms with Crippen molar-refractivity contribution in [3.8, 4) is 0 Å². The summed E-state index contributed by atoms with van der Waals surface area (Å²) < 4.78 is 13.9. The van der Waals surface area contributed by atoms with E-state index in [-0.39, 0.29) is 17.1 Å². The molecule has 4 nitrogen and oxygen atoms in total. The molecule has 0 bridgehead atoms. The first-order valence-electron chi connectivity index (χ1n) is 9.42. The zero-order valence-corrected chi connectivity index (χ0v) is 15.9. The first-order valence-corrected chi connectivity index (χ1v) is 9.42. The van der Waals surface area contributed by atoms with Crippen LogP contribution in [0.2, 0.25) is 0 Å². The lowest BCUT2D eigenvalue weighted by Gasteiger charge is -2.26. The molecule has 1 atom stereocenters. The fraction of sp³-hybridized carbons (Fsp3) is 0.700. The van der Waals surface area contributed by atoms with Crippen molar-refractivity contribution in [1.82, 2.24) is 9.88 Å². The van der Waals surface area contributed by atoms with E-state index in [1.807, 2.05) is 4.90 Å². The average molecular weight is 349 g/mol. The molecular weight excluding hydrogens is 317 g/mol. The zero-order valence-electron chi connectivity index (χ0n) is 15.9. The van der Waals surface area contributed by atoms with Crippen LogP contribution in [0, 0.1) is 17.2 Å². The number of nitrogen functional groups attached to an aromatic ring is 1. The van der Waals surface area contributed by atoms with Crippen molar-refractivity contribution >= 4 is 11.6 Å². The normalized spacial score (nSPS) is 18.9. The first-order chi connectivity index (χ1) is 11.8. The molecule has 0 aliphatic carbocycles. The van der Waals surface area contributed by atoms with E-state index in [4.69, 9.17) is 5.73 Å². The van der Waals surface area contributed by atoms with Gasteiger partial charge in [-0.05, 0) is 43.4 Å². The standard InChI is InChI=1S/C20H32FN3O/c1-20(2,3)10-9-19(25)24-11-5-4-6-15(14-24)7-8-16-17(21)12-23-13-18(16)22/h12-13,15H,4-11,14,22H2,1-3H3/t15-/m1/s1. The number of carbonyl (C=O) groups is 1. The number of anilines is 1. The molecule has 2 heterocycles. The van der Waals surface area contributed by atoms with Crippen LogP contribution < -0.4 is 5.73 Å². The van der Waals surface area contributed by atoms with Crippen molar-refractivity contribution in [3.63, 3.8) is 0 Å². The van der Waals surface area contributed by atoms with Crippen LogP contribution in [0.1, 0.15) is 64.9 Å². The van der Waals surface area contributed by atoms with Gasteiger partial charge in [-0.3, -0.25) is 9.78 Å². The minimum atomic E-state index is -0.327. The average Bonchev–Trinajstić information content (AvgIpc) is 2.77. The number of nitrogens with two attached hydrogens (primary N) is 1. The van der Waals surface area contributed by atoms with Crippen LogP contribution in [0.25, 0.3) is 0 Å². The van der Waals surface area contributed by atoms with E-state index >= 15 is 0 Å². The lowest BCUT2D eigenvalue weighted by molar-refractivity contribution is -0.132. The summed E-state index contributed by atoms with van der Waals surface area (Å²) in [6, 6.07) is 0. The highest BCUT2D eigenvalue weighted by Crippen LogP contribution is 2.26. The van der Waals surface area contributed by atoms with Crippen molar-refractivity contribution in [1.29, 1.82) is 0 Å². The summed E-state index contributed by atoms with van der Waals surface area (Å²) in [7, 11) is 0. The largest absolute Gasteiger partial charge is 0.397 e. The summed E-state index contributed by atoms with van der Waals surface area (Å²) in [5, 5.41) is 0. The van der Waals surface area contributed by atoms with Gasteiger partial charge in [-0.25, -0.2) is 4.39 Å². The molecule has 1 aliphatic rings. The third kappa shape index (κ3) is 6.29. The van der Waals surface area contributed by atoms with E-state index in [1.165, 1.54) is 12.4 Å². The number of pyridine rings is 1. The summed E-state index contributed by atoms with van der Waals surface area (Å²) in [5.41, 5.74) is 7.02. The van der Waals surface area contributed by atoms with Crippen LogP contribution in [-0.2, 0) is 11.2 Å². The number of amides is 1. The second-order valence-electron chi connectivity index (χ2n) is 8.49. The molecule has 0 radical (unpaired) electrons. The van der Waals surface area contributed by atoms with Gasteiger partial charge in [0.25, 0.3) is 0 Å². The molecule has 0 saturated carbocycles. The molecule has 0 aromatic carbocycles. The van der Waals surface area contributed by atoms with Crippen LogP contribution in [0.5, 0.6) is 0 Å². The molecule has 1 amide bonds. The van der Waals surface area contributed by atoms with Gasteiger partial charge in [0.1, 0.15) is 5.82 Å². The van der Waals surface area contributed by atoms with Crippen LogP contribution in [-0.4, -0.2) is 28.9 Å². The van der Waals surface area contributed by atoms with Gasteiger partial charge in [-0.2, -0.15) is 0 Å². The minimum Gasteiger partial charge on any atom is -0.397 e. The lowest BCUT2D eigenvalue weighted by atomic mass is 9.90. The molecular formula is C20H32FN3O. The van der Waals surface area contributed by atoms with Gasteiger partial charge in [0, 0.05) is 25.1 Å². The molecule has 1 aliphatic heterocycles. The monoisotopic (exact) mass is 349 g/mol. The topological polar surface area (TPSA) is 59.2 Å². The van der Waals surface area contributed by atoms with E-state index in [2.05, 4.69) is 25.8 Å². The Labute approximate surface area is 151 Å². The van der Waals surface area contributed by atoms with Gasteiger partial charge in [0.15, 0.2) is 0 Å². The van der Waals surface area contributed by atoms with Crippen molar-refractivity contribution < 1.29 is 9.18 Å². The van der Waals surface area contributed by atoms with Crippen LogP contribution in [0.4, 0.5) is 10.1 Å². The molecule has 2 rings (SSSR count). The van der Waals surface area contributed by atoms with E-state index in [0.29, 0.717) is 30.0 Å². The fourth-order valence-electron chi connectivity index (χ4n) is 3.42. The lowest BCUT2D eigenvalue weighted by Crippen LogP contribution is -2.35. The first kappa shape index (κ1) is 19.7. The van der Waals surface area contributed by atoms with Crippen LogP contribution in [0.3, 0.4) is 0 Å². The Morgan fingerprint density at radius 2 is 2.12 bits per heavy atom. The highest BCUT2D eigenvalue weighted by molar-refractivity contribution is 5.76. The van der Waals surface area contributed by atoms with Crippen molar-refractivity contribution in [2.24, 2.45) is 11.3 Å². The van der Waals surface area contributed by atoms with Crippen molar-refractivity contribution in [2.45, 2.75) is 65.7 Å². The molecule has 1 fully saturated rings. The second kappa shape index (κ2) is 8.63. The number of rotatable bonds is 5. The molecule has 0 spiro atoms. The number of nitrogens with zero attached hydrogens (tertiary/aromatic N) is 2. The molecule has 140 valence electrons. The smallest absolute Gasteiger partial charge is 0.222 e. The minimum absolute atomic E-state index is 0.178. The van der Waals surface area contributed by atoms with Gasteiger partial charge >= 0.3 is 0 Å². The van der Waals surface area contributed by atoms with Crippen LogP contribution in [0.15, 0.2) is 12.4 Å². The Morgan fingerprint density at radius 3 is 2.80 bits per heavy atom. The van der Waals surface area contributed by atoms with Gasteiger partial charge < -0.3 is 10.6 Å². The molecule has 1 aromatic heterocycles. The maximum atomic E-state index is 13.9. The molecule has 25 heavy (non-hydrogen) atoms. The maximum Gasteiger partial charge on any atom is 0.222 e. The van der Waals surface area contributed by atoms with E-state index in [9.17, 15) is 9.18 Å². The summed E-state index contributed by atoms with van der Waals surface area (Å²) >= 11 is 0. The van der Waals surface area contributed by atoms with E-state index < -0.39 is 0 Å². The predicted octanol–water partition coefficient (Wildman–Crippen LogP) is 4.19. The molecule has 1 saturated heterocycles. The van der Waals surface area contributed by atoms with Gasteiger partial charge in [-0.1, -0.05) is 27.2 Å². The Balaban J connectivity index is 1.91. The molecule has 2 N–H and O–H groups in total. The number of hydrogen-bond acceptors (Lipinski definition) is 3. The quantitative estimate of drug-likeness (QED) is 0.867. The molecule has 0 unspecified atom stereocenters. The predicted molar refractivity (Wildman–Crippen MR) is 99.5 cm³/mol. The van der Waals surface area contributed by atoms with E-state index in [0.717, 1.165) is 45.2 Å². The number of halogens is 1. The Kier molecular flexibility index (Phi) is 6.79. The number of hydrogen-bond donors (Lipinski definition) is 1. The second-order valence-corrected chi connectivity index (χ2v) is 8.49. The summed E-state index contributed by atoms with van der Waals surface area (Å²) in [6.07, 6.45) is 8.99. The zero-order chi connectivity index (χ0) is 18.4. The molecule has 5 heteroatoms. The summed E-state index contributed by atoms with van der Waals surface area (Å²) in [6.45, 7) is 8.14. The highest BCUT2D eigenvalue weighted by Gasteiger charge is 2.23. The maximum absolute atomic E-state index is 13.9. The fourth-order valence-corrected chi connectivity index (χ4v) is 3.42. The number of likely N-dealkylation sites (tertiary alicyclic amines) is 1. The van der Waals surface area contributed by atoms with E-state index in [1.54, 1.807) is 0 Å². The highest BCUT2D eigenvalue weighted by atomic mass is 19.1. The summed E-state index contributed by atoms with van der Waals surface area (Å²) in [4.78, 5) is 18.4. The Bertz CT molecular complexity index is 563. The van der Waals surface area contributed by atoms with Crippen molar-refractivity contribution in [2.75, 3.05) is 18.8 Å². The van der Waals surface area contributed by atoms with Crippen LogP contribution >= 0.6 is 0 Å². The number of carbonyl (C=O) groups excluding carboxylic acids is 1. The van der Waals surface area contributed by atoms with Gasteiger partial charge in [-0.15, -0.1) is 0 Å². The summed E-state index contributed by atoms with van der Waals surface area (Å²) in [5.74, 6) is 0.344. The van der Waals surface area contributed by atoms with Gasteiger partial charge in [0.2, 0.25) is 5.91 Å². The Morgan fingerprint density at radius 1 is 1.36 bits per heavy atom. The SMILES string of the molecule is CC(C)(C)CCC(=O)N1CCCC[C@H](CCc2c(N)cncc2F)C1. The van der Waals surface area contributed by atoms with Crippen molar-refractivity contribution in [3.05, 3.63) is 23.8 Å². The number of aromatic nitrogens is 1. The molecule has 1 aromatic rings. The van der Waals surface area contributed by atoms with Gasteiger partial charge in [0.05, 0.1) is 18.1 Å². The third-order valence-corrected chi connectivity index (χ3v) is 5.05. The third-order valence-electron chi connectivity index (χ3n) is 5.05.